The van der Waals surface area contributed by atoms with Crippen LogP contribution >= 0.6 is 0 Å². The Morgan fingerprint density at radius 3 is 2.25 bits per heavy atom. The van der Waals surface area contributed by atoms with Crippen LogP contribution in [0.3, 0.4) is 0 Å². The summed E-state index contributed by atoms with van der Waals surface area (Å²) in [7, 11) is 0. The molecule has 2 heteroatoms. The van der Waals surface area contributed by atoms with E-state index in [1.807, 2.05) is 6.07 Å². The van der Waals surface area contributed by atoms with Gasteiger partial charge < -0.3 is 0 Å². The van der Waals surface area contributed by atoms with E-state index in [-0.39, 0.29) is 5.41 Å². The van der Waals surface area contributed by atoms with Crippen LogP contribution in [0.15, 0.2) is 12.1 Å². The van der Waals surface area contributed by atoms with Crippen molar-refractivity contribution in [2.45, 2.75) is 59.8 Å². The van der Waals surface area contributed by atoms with E-state index in [1.54, 1.807) is 0 Å². The number of hydrogen-bond acceptors (Lipinski definition) is 2. The molecule has 0 radical (unpaired) electrons. The molecule has 0 heterocycles. The fraction of sp³-hybridized carbons (Fsp3) is 0.556. The average Bonchev–Trinajstić information content (AvgIpc) is 2.37. The maximum absolute atomic E-state index is 9.36. The summed E-state index contributed by atoms with van der Waals surface area (Å²) < 4.78 is 0. The lowest BCUT2D eigenvalue weighted by atomic mass is 9.82. The van der Waals surface area contributed by atoms with E-state index < -0.39 is 0 Å². The van der Waals surface area contributed by atoms with E-state index in [0.29, 0.717) is 12.3 Å². The second kappa shape index (κ2) is 6.58. The molecule has 0 N–H and O–H groups in total. The van der Waals surface area contributed by atoms with Gasteiger partial charge in [-0.15, -0.1) is 0 Å². The highest BCUT2D eigenvalue weighted by molar-refractivity contribution is 5.47. The maximum Gasteiger partial charge on any atom is 0.0994 e. The summed E-state index contributed by atoms with van der Waals surface area (Å²) in [5.74, 6) is 0.421. The van der Waals surface area contributed by atoms with Gasteiger partial charge >= 0.3 is 0 Å². The smallest absolute Gasteiger partial charge is 0.0994 e. The van der Waals surface area contributed by atoms with Crippen molar-refractivity contribution in [3.05, 3.63) is 34.4 Å². The van der Waals surface area contributed by atoms with Gasteiger partial charge in [-0.1, -0.05) is 40.7 Å². The maximum atomic E-state index is 9.36. The average molecular weight is 268 g/mol. The van der Waals surface area contributed by atoms with Gasteiger partial charge in [0.1, 0.15) is 0 Å². The van der Waals surface area contributed by atoms with E-state index in [1.165, 1.54) is 5.56 Å². The Kier molecular flexibility index (Phi) is 5.34. The van der Waals surface area contributed by atoms with Crippen molar-refractivity contribution in [2.24, 2.45) is 5.41 Å². The third kappa shape index (κ3) is 4.10. The van der Waals surface area contributed by atoms with E-state index in [9.17, 15) is 5.26 Å². The monoisotopic (exact) mass is 268 g/mol. The van der Waals surface area contributed by atoms with Crippen LogP contribution in [-0.4, -0.2) is 0 Å². The number of nitrogens with zero attached hydrogens (tertiary/aromatic N) is 2. The van der Waals surface area contributed by atoms with Crippen LogP contribution in [0.2, 0.25) is 0 Å². The predicted octanol–water partition coefficient (Wildman–Crippen LogP) is 4.73. The third-order valence-corrected chi connectivity index (χ3v) is 3.62. The van der Waals surface area contributed by atoms with Crippen LogP contribution in [0.4, 0.5) is 0 Å². The van der Waals surface area contributed by atoms with Gasteiger partial charge in [-0.3, -0.25) is 0 Å². The van der Waals surface area contributed by atoms with Gasteiger partial charge in [-0.05, 0) is 46.9 Å². The number of hydrogen-bond donors (Lipinski definition) is 0. The van der Waals surface area contributed by atoms with E-state index in [4.69, 9.17) is 5.26 Å². The minimum Gasteiger partial charge on any atom is -0.198 e. The van der Waals surface area contributed by atoms with Crippen molar-refractivity contribution in [3.63, 3.8) is 0 Å². The van der Waals surface area contributed by atoms with E-state index in [2.05, 4.69) is 52.8 Å². The molecule has 106 valence electrons. The molecule has 0 aliphatic heterocycles. The van der Waals surface area contributed by atoms with Crippen molar-refractivity contribution in [1.82, 2.24) is 0 Å². The third-order valence-electron chi connectivity index (χ3n) is 3.62. The number of rotatable bonds is 4. The molecule has 20 heavy (non-hydrogen) atoms. The fourth-order valence-electron chi connectivity index (χ4n) is 2.45. The van der Waals surface area contributed by atoms with Crippen molar-refractivity contribution >= 4 is 0 Å². The summed E-state index contributed by atoms with van der Waals surface area (Å²) in [5, 5.41) is 18.3. The first kappa shape index (κ1) is 16.3. The van der Waals surface area contributed by atoms with Crippen molar-refractivity contribution in [3.8, 4) is 12.1 Å². The van der Waals surface area contributed by atoms with Crippen LogP contribution in [0.5, 0.6) is 0 Å². The molecule has 1 unspecified atom stereocenters. The first-order valence-corrected chi connectivity index (χ1v) is 7.25. The van der Waals surface area contributed by atoms with Crippen LogP contribution in [0, 0.1) is 28.1 Å². The molecular weight excluding hydrogens is 244 g/mol. The molecule has 0 aliphatic carbocycles. The Morgan fingerprint density at radius 1 is 1.15 bits per heavy atom. The number of benzene rings is 1. The van der Waals surface area contributed by atoms with Gasteiger partial charge in [0.25, 0.3) is 0 Å². The first-order valence-electron chi connectivity index (χ1n) is 7.25. The molecule has 0 spiro atoms. The largest absolute Gasteiger partial charge is 0.198 e. The quantitative estimate of drug-likeness (QED) is 0.792. The predicted molar refractivity (Wildman–Crippen MR) is 82.3 cm³/mol. The van der Waals surface area contributed by atoms with Gasteiger partial charge in [0.2, 0.25) is 0 Å². The molecule has 1 rings (SSSR count). The van der Waals surface area contributed by atoms with Crippen molar-refractivity contribution in [1.29, 1.82) is 10.5 Å². The Labute approximate surface area is 123 Å². The molecular formula is C18H24N2. The molecule has 1 aromatic rings. The zero-order chi connectivity index (χ0) is 15.3. The fourth-order valence-corrected chi connectivity index (χ4v) is 2.45. The molecule has 0 amide bonds. The lowest BCUT2D eigenvalue weighted by Crippen LogP contribution is -2.12. The highest BCUT2D eigenvalue weighted by Gasteiger charge is 2.18. The Balaban J connectivity index is 3.39. The second-order valence-electron chi connectivity index (χ2n) is 6.70. The summed E-state index contributed by atoms with van der Waals surface area (Å²) in [6.45, 7) is 10.9. The Morgan fingerprint density at radius 2 is 1.80 bits per heavy atom. The van der Waals surface area contributed by atoms with E-state index in [0.717, 1.165) is 29.5 Å². The molecule has 0 fully saturated rings. The summed E-state index contributed by atoms with van der Waals surface area (Å²) in [6, 6.07) is 8.58. The first-order chi connectivity index (χ1) is 9.32. The molecule has 0 saturated carbocycles. The summed E-state index contributed by atoms with van der Waals surface area (Å²) in [5.41, 5.74) is 4.22. The van der Waals surface area contributed by atoms with Gasteiger partial charge in [0.05, 0.1) is 24.1 Å². The van der Waals surface area contributed by atoms with Crippen molar-refractivity contribution in [2.75, 3.05) is 0 Å². The minimum absolute atomic E-state index is 0.148. The van der Waals surface area contributed by atoms with Crippen LogP contribution < -0.4 is 0 Å². The van der Waals surface area contributed by atoms with Gasteiger partial charge in [-0.25, -0.2) is 0 Å². The highest BCUT2D eigenvalue weighted by atomic mass is 14.3. The van der Waals surface area contributed by atoms with Crippen molar-refractivity contribution < 1.29 is 0 Å². The minimum atomic E-state index is 0.148. The Hall–Kier alpha value is -1.80. The Bertz CT molecular complexity index is 550. The topological polar surface area (TPSA) is 47.6 Å². The van der Waals surface area contributed by atoms with Crippen LogP contribution in [-0.2, 0) is 12.8 Å². The SMILES string of the molecule is CCC(C)c1cc(CC(C)(C)C)c(C#N)cc1CC#N. The zero-order valence-electron chi connectivity index (χ0n) is 13.2. The van der Waals surface area contributed by atoms with Crippen LogP contribution in [0.1, 0.15) is 69.2 Å². The van der Waals surface area contributed by atoms with E-state index >= 15 is 0 Å². The molecule has 1 atom stereocenters. The van der Waals surface area contributed by atoms with Gasteiger partial charge in [-0.2, -0.15) is 10.5 Å². The zero-order valence-corrected chi connectivity index (χ0v) is 13.2. The summed E-state index contributed by atoms with van der Waals surface area (Å²) >= 11 is 0. The molecule has 0 aromatic heterocycles. The van der Waals surface area contributed by atoms with Crippen LogP contribution in [0.25, 0.3) is 0 Å². The molecule has 0 bridgehead atoms. The molecule has 0 aliphatic rings. The molecule has 1 aromatic carbocycles. The summed E-state index contributed by atoms with van der Waals surface area (Å²) in [6.07, 6.45) is 2.30. The van der Waals surface area contributed by atoms with Gasteiger partial charge in [0.15, 0.2) is 0 Å². The highest BCUT2D eigenvalue weighted by Crippen LogP contribution is 2.30. The lowest BCUT2D eigenvalue weighted by molar-refractivity contribution is 0.410. The molecule has 0 saturated heterocycles. The normalized spacial score (nSPS) is 12.6. The second-order valence-corrected chi connectivity index (χ2v) is 6.70. The lowest BCUT2D eigenvalue weighted by Gasteiger charge is -2.22. The number of nitriles is 2. The van der Waals surface area contributed by atoms with Gasteiger partial charge in [0, 0.05) is 0 Å². The molecule has 2 nitrogen and oxygen atoms in total. The standard InChI is InChI=1S/C18H24N2/c1-6-13(2)17-10-15(11-18(3,4)5)16(12-20)9-14(17)7-8-19/h9-10,13H,6-7,11H2,1-5H3. The summed E-state index contributed by atoms with van der Waals surface area (Å²) in [4.78, 5) is 0.